The first-order chi connectivity index (χ1) is 6.83. The summed E-state index contributed by atoms with van der Waals surface area (Å²) >= 11 is 0. The van der Waals surface area contributed by atoms with E-state index in [4.69, 9.17) is 10.2 Å². The molecule has 0 bridgehead atoms. The Morgan fingerprint density at radius 1 is 1.00 bits per heavy atom. The van der Waals surface area contributed by atoms with Crippen LogP contribution in [0.1, 0.15) is 46.0 Å². The van der Waals surface area contributed by atoms with Gasteiger partial charge in [0.05, 0.1) is 6.26 Å². The molecule has 84 valence electrons. The first-order valence-corrected chi connectivity index (χ1v) is 5.38. The highest BCUT2D eigenvalue weighted by Crippen LogP contribution is 1.92. The van der Waals surface area contributed by atoms with Gasteiger partial charge in [-0.1, -0.05) is 38.5 Å². The Hall–Kier alpha value is -0.760. The normalized spacial score (nSPS) is 10.5. The van der Waals surface area contributed by atoms with Crippen LogP contribution in [-0.4, -0.2) is 16.8 Å². The zero-order valence-electron chi connectivity index (χ0n) is 9.45. The van der Waals surface area contributed by atoms with Crippen molar-refractivity contribution in [3.8, 4) is 0 Å². The summed E-state index contributed by atoms with van der Waals surface area (Å²) in [6, 6.07) is 0. The van der Waals surface area contributed by atoms with Gasteiger partial charge in [0, 0.05) is 6.61 Å². The molecule has 0 saturated carbocycles. The second kappa shape index (κ2) is 18.1. The summed E-state index contributed by atoms with van der Waals surface area (Å²) in [5.74, 6) is 0. The molecule has 0 heterocycles. The zero-order valence-corrected chi connectivity index (χ0v) is 9.45. The van der Waals surface area contributed by atoms with E-state index in [9.17, 15) is 0 Å². The maximum Gasteiger partial charge on any atom is 0.0751 e. The van der Waals surface area contributed by atoms with E-state index in [1.54, 1.807) is 6.08 Å². The molecule has 14 heavy (non-hydrogen) atoms. The third kappa shape index (κ3) is 22.5. The Labute approximate surface area is 88.0 Å². The second-order valence-electron chi connectivity index (χ2n) is 2.92. The van der Waals surface area contributed by atoms with Gasteiger partial charge in [0.25, 0.3) is 0 Å². The minimum Gasteiger partial charge on any atom is -0.516 e. The van der Waals surface area contributed by atoms with Gasteiger partial charge in [0.2, 0.25) is 0 Å². The van der Waals surface area contributed by atoms with Crippen LogP contribution in [0.5, 0.6) is 0 Å². The van der Waals surface area contributed by atoms with Gasteiger partial charge >= 0.3 is 0 Å². The average Bonchev–Trinajstić information content (AvgIpc) is 2.21. The number of hydrogen-bond donors (Lipinski definition) is 2. The third-order valence-electron chi connectivity index (χ3n) is 1.53. The molecule has 0 aliphatic rings. The zero-order chi connectivity index (χ0) is 11.1. The lowest BCUT2D eigenvalue weighted by molar-refractivity contribution is 0.302. The van der Waals surface area contributed by atoms with Crippen molar-refractivity contribution in [2.75, 3.05) is 6.61 Å². The predicted octanol–water partition coefficient (Wildman–Crippen LogP) is 3.58. The van der Waals surface area contributed by atoms with Gasteiger partial charge in [-0.2, -0.15) is 0 Å². The summed E-state index contributed by atoms with van der Waals surface area (Å²) in [6.07, 6.45) is 12.2. The quantitative estimate of drug-likeness (QED) is 0.391. The van der Waals surface area contributed by atoms with Crippen LogP contribution in [0.15, 0.2) is 24.5 Å². The van der Waals surface area contributed by atoms with Crippen molar-refractivity contribution in [1.29, 1.82) is 0 Å². The lowest BCUT2D eigenvalue weighted by Crippen LogP contribution is -1.73. The van der Waals surface area contributed by atoms with E-state index in [-0.39, 0.29) is 6.61 Å². The molecule has 0 radical (unpaired) electrons. The Balaban J connectivity index is 0. The first-order valence-electron chi connectivity index (χ1n) is 5.38. The Morgan fingerprint density at radius 2 is 1.71 bits per heavy atom. The lowest BCUT2D eigenvalue weighted by atomic mass is 10.2. The smallest absolute Gasteiger partial charge is 0.0751 e. The maximum atomic E-state index is 8.24. The third-order valence-corrected chi connectivity index (χ3v) is 1.53. The Bertz CT molecular complexity index is 128. The van der Waals surface area contributed by atoms with Gasteiger partial charge in [0.15, 0.2) is 0 Å². The van der Waals surface area contributed by atoms with E-state index < -0.39 is 0 Å². The number of aliphatic hydroxyl groups is 2. The molecule has 0 amide bonds. The van der Waals surface area contributed by atoms with Crippen LogP contribution in [0.25, 0.3) is 0 Å². The molecule has 0 unspecified atom stereocenters. The molecule has 2 nitrogen and oxygen atoms in total. The van der Waals surface area contributed by atoms with Gasteiger partial charge in [-0.15, -0.1) is 0 Å². The number of aliphatic hydroxyl groups excluding tert-OH is 2. The van der Waals surface area contributed by atoms with Crippen LogP contribution in [-0.2, 0) is 0 Å². The van der Waals surface area contributed by atoms with Crippen molar-refractivity contribution in [3.05, 3.63) is 24.5 Å². The fraction of sp³-hybridized carbons (Fsp3) is 0.667. The van der Waals surface area contributed by atoms with Gasteiger partial charge in [-0.3, -0.25) is 0 Å². The highest BCUT2D eigenvalue weighted by Gasteiger charge is 1.74. The summed E-state index contributed by atoms with van der Waals surface area (Å²) in [4.78, 5) is 0. The van der Waals surface area contributed by atoms with E-state index >= 15 is 0 Å². The van der Waals surface area contributed by atoms with Crippen LogP contribution in [0.2, 0.25) is 0 Å². The van der Waals surface area contributed by atoms with Crippen LogP contribution in [0.3, 0.4) is 0 Å². The number of unbranched alkanes of at least 4 members (excludes halogenated alkanes) is 2. The van der Waals surface area contributed by atoms with Crippen molar-refractivity contribution >= 4 is 0 Å². The van der Waals surface area contributed by atoms with E-state index in [0.717, 1.165) is 25.5 Å². The van der Waals surface area contributed by atoms with Crippen LogP contribution >= 0.6 is 0 Å². The van der Waals surface area contributed by atoms with E-state index in [2.05, 4.69) is 19.9 Å². The van der Waals surface area contributed by atoms with Crippen molar-refractivity contribution in [3.63, 3.8) is 0 Å². The molecule has 0 atom stereocenters. The maximum absolute atomic E-state index is 8.24. The molecule has 0 saturated heterocycles. The van der Waals surface area contributed by atoms with Crippen molar-refractivity contribution < 1.29 is 10.2 Å². The van der Waals surface area contributed by atoms with Crippen molar-refractivity contribution in [1.82, 2.24) is 0 Å². The molecular formula is C12H24O2. The van der Waals surface area contributed by atoms with Crippen molar-refractivity contribution in [2.45, 2.75) is 46.0 Å². The standard InChI is InChI=1S/2C6H12O/c2*1-2-3-4-5-6-7/h5-7H,2-4H2,1H3;3-4,7H,2,5-6H2,1H3/b6-5+;4-3+. The molecule has 2 N–H and O–H groups in total. The number of rotatable bonds is 6. The highest BCUT2D eigenvalue weighted by molar-refractivity contribution is 4.79. The fourth-order valence-corrected chi connectivity index (χ4v) is 0.756. The predicted molar refractivity (Wildman–Crippen MR) is 62.4 cm³/mol. The second-order valence-corrected chi connectivity index (χ2v) is 2.92. The number of allylic oxidation sites excluding steroid dienone is 2. The summed E-state index contributed by atoms with van der Waals surface area (Å²) in [5, 5.41) is 16.4. The molecule has 0 fully saturated rings. The highest BCUT2D eigenvalue weighted by atomic mass is 16.3. The minimum atomic E-state index is 0.274. The molecule has 0 aliphatic carbocycles. The van der Waals surface area contributed by atoms with Crippen LogP contribution in [0, 0.1) is 0 Å². The lowest BCUT2D eigenvalue weighted by Gasteiger charge is -1.83. The topological polar surface area (TPSA) is 40.5 Å². The first kappa shape index (κ1) is 15.7. The monoisotopic (exact) mass is 200 g/mol. The van der Waals surface area contributed by atoms with Gasteiger partial charge < -0.3 is 10.2 Å². The fourth-order valence-electron chi connectivity index (χ4n) is 0.756. The summed E-state index contributed by atoms with van der Waals surface area (Å²) in [5.41, 5.74) is 0. The molecule has 0 aromatic carbocycles. The molecule has 0 aromatic rings. The Morgan fingerprint density at radius 3 is 2.14 bits per heavy atom. The van der Waals surface area contributed by atoms with E-state index in [0.29, 0.717) is 0 Å². The average molecular weight is 200 g/mol. The molecule has 0 rings (SSSR count). The molecule has 0 spiro atoms. The van der Waals surface area contributed by atoms with Crippen LogP contribution in [0.4, 0.5) is 0 Å². The Kier molecular flexibility index (Phi) is 20.3. The molecule has 0 aromatic heterocycles. The van der Waals surface area contributed by atoms with Gasteiger partial charge in [-0.25, -0.2) is 0 Å². The largest absolute Gasteiger partial charge is 0.516 e. The van der Waals surface area contributed by atoms with Crippen molar-refractivity contribution in [2.24, 2.45) is 0 Å². The van der Waals surface area contributed by atoms with E-state index in [1.807, 2.05) is 6.08 Å². The van der Waals surface area contributed by atoms with Crippen LogP contribution < -0.4 is 0 Å². The summed E-state index contributed by atoms with van der Waals surface area (Å²) < 4.78 is 0. The van der Waals surface area contributed by atoms with Gasteiger partial charge in [0.1, 0.15) is 0 Å². The van der Waals surface area contributed by atoms with Gasteiger partial charge in [-0.05, 0) is 25.7 Å². The van der Waals surface area contributed by atoms with E-state index in [1.165, 1.54) is 12.8 Å². The summed E-state index contributed by atoms with van der Waals surface area (Å²) in [6.45, 7) is 4.48. The SMILES string of the molecule is CC/C=C/CCO.CCCC/C=C/O. The summed E-state index contributed by atoms with van der Waals surface area (Å²) in [7, 11) is 0. The molecule has 2 heteroatoms. The molecule has 0 aliphatic heterocycles. The molecular weight excluding hydrogens is 176 g/mol. The number of hydrogen-bond acceptors (Lipinski definition) is 2. The minimum absolute atomic E-state index is 0.274.